The molecule has 2 heterocycles. The normalized spacial score (nSPS) is 15.9. The molecular weight excluding hydrogens is 226 g/mol. The molecule has 0 unspecified atom stereocenters. The molecular formula is C14H17N3O. The van der Waals surface area contributed by atoms with Gasteiger partial charge in [-0.25, -0.2) is 4.98 Å². The van der Waals surface area contributed by atoms with Crippen LogP contribution in [0.25, 0.3) is 10.8 Å². The average Bonchev–Trinajstić information content (AvgIpc) is 2.47. The minimum atomic E-state index is 0.782. The molecule has 1 fully saturated rings. The largest absolute Gasteiger partial charge is 0.388 e. The molecule has 1 aromatic carbocycles. The number of nitrogens with one attached hydrogen (secondary N) is 1. The van der Waals surface area contributed by atoms with E-state index in [2.05, 4.69) is 39.5 Å². The number of nitrogens with zero attached hydrogens (tertiary/aromatic N) is 2. The van der Waals surface area contributed by atoms with E-state index in [-0.39, 0.29) is 0 Å². The van der Waals surface area contributed by atoms with Crippen LogP contribution in [0.3, 0.4) is 0 Å². The molecule has 0 spiro atoms. The molecule has 3 rings (SSSR count). The number of pyridine rings is 1. The summed E-state index contributed by atoms with van der Waals surface area (Å²) in [5.74, 6) is 1.06. The summed E-state index contributed by atoms with van der Waals surface area (Å²) >= 11 is 0. The Balaban J connectivity index is 2.09. The summed E-state index contributed by atoms with van der Waals surface area (Å²) in [6.45, 7) is 3.39. The van der Waals surface area contributed by atoms with Gasteiger partial charge in [0.2, 0.25) is 0 Å². The smallest absolute Gasteiger partial charge is 0.136 e. The number of morpholine rings is 1. The fourth-order valence-electron chi connectivity index (χ4n) is 2.34. The van der Waals surface area contributed by atoms with Crippen LogP contribution in [0.4, 0.5) is 11.5 Å². The Hall–Kier alpha value is -1.81. The highest BCUT2D eigenvalue weighted by molar-refractivity contribution is 5.94. The molecule has 1 aromatic heterocycles. The Morgan fingerprint density at radius 2 is 2.06 bits per heavy atom. The van der Waals surface area contributed by atoms with Gasteiger partial charge in [0.15, 0.2) is 0 Å². The molecule has 0 amide bonds. The fraction of sp³-hybridized carbons (Fsp3) is 0.357. The lowest BCUT2D eigenvalue weighted by Crippen LogP contribution is -2.36. The highest BCUT2D eigenvalue weighted by atomic mass is 16.5. The molecule has 0 radical (unpaired) electrons. The Kier molecular flexibility index (Phi) is 3.02. The Labute approximate surface area is 107 Å². The summed E-state index contributed by atoms with van der Waals surface area (Å²) in [5, 5.41) is 5.61. The van der Waals surface area contributed by atoms with Gasteiger partial charge in [-0.15, -0.1) is 0 Å². The van der Waals surface area contributed by atoms with E-state index in [1.54, 1.807) is 0 Å². The lowest BCUT2D eigenvalue weighted by molar-refractivity contribution is 0.122. The van der Waals surface area contributed by atoms with Gasteiger partial charge in [-0.1, -0.05) is 6.07 Å². The zero-order chi connectivity index (χ0) is 12.4. The first-order valence-electron chi connectivity index (χ1n) is 6.28. The Bertz CT molecular complexity index is 550. The third-order valence-electron chi connectivity index (χ3n) is 3.34. The second-order valence-corrected chi connectivity index (χ2v) is 4.42. The summed E-state index contributed by atoms with van der Waals surface area (Å²) < 4.78 is 5.40. The van der Waals surface area contributed by atoms with Crippen molar-refractivity contribution in [2.75, 3.05) is 43.6 Å². The SMILES string of the molecule is CNc1ccc2ccnc(N3CCOCC3)c2c1. The number of anilines is 2. The van der Waals surface area contributed by atoms with Gasteiger partial charge in [-0.05, 0) is 23.6 Å². The van der Waals surface area contributed by atoms with Crippen molar-refractivity contribution in [2.45, 2.75) is 0 Å². The molecule has 4 nitrogen and oxygen atoms in total. The molecule has 0 aliphatic carbocycles. The van der Waals surface area contributed by atoms with Crippen molar-refractivity contribution in [3.05, 3.63) is 30.5 Å². The molecule has 1 N–H and O–H groups in total. The van der Waals surface area contributed by atoms with Gasteiger partial charge >= 0.3 is 0 Å². The van der Waals surface area contributed by atoms with Crippen LogP contribution < -0.4 is 10.2 Å². The lowest BCUT2D eigenvalue weighted by atomic mass is 10.1. The van der Waals surface area contributed by atoms with Crippen LogP contribution in [0, 0.1) is 0 Å². The molecule has 2 aromatic rings. The maximum atomic E-state index is 5.40. The third-order valence-corrected chi connectivity index (χ3v) is 3.34. The Morgan fingerprint density at radius 1 is 1.22 bits per heavy atom. The van der Waals surface area contributed by atoms with E-state index in [0.717, 1.165) is 37.8 Å². The van der Waals surface area contributed by atoms with Gasteiger partial charge in [0.05, 0.1) is 13.2 Å². The van der Waals surface area contributed by atoms with Gasteiger partial charge in [-0.3, -0.25) is 0 Å². The monoisotopic (exact) mass is 243 g/mol. The minimum absolute atomic E-state index is 0.782. The van der Waals surface area contributed by atoms with E-state index < -0.39 is 0 Å². The zero-order valence-corrected chi connectivity index (χ0v) is 10.5. The number of hydrogen-bond donors (Lipinski definition) is 1. The summed E-state index contributed by atoms with van der Waals surface area (Å²) in [6.07, 6.45) is 1.88. The van der Waals surface area contributed by atoms with Crippen LogP contribution in [0.5, 0.6) is 0 Å². The van der Waals surface area contributed by atoms with E-state index in [9.17, 15) is 0 Å². The van der Waals surface area contributed by atoms with Crippen LogP contribution in [-0.4, -0.2) is 38.3 Å². The summed E-state index contributed by atoms with van der Waals surface area (Å²) in [6, 6.07) is 8.43. The van der Waals surface area contributed by atoms with Crippen LogP contribution in [0.1, 0.15) is 0 Å². The highest BCUT2D eigenvalue weighted by Crippen LogP contribution is 2.27. The predicted molar refractivity (Wildman–Crippen MR) is 74.3 cm³/mol. The predicted octanol–water partition coefficient (Wildman–Crippen LogP) is 2.11. The Morgan fingerprint density at radius 3 is 2.83 bits per heavy atom. The maximum Gasteiger partial charge on any atom is 0.136 e. The molecule has 0 saturated carbocycles. The van der Waals surface area contributed by atoms with Crippen LogP contribution in [0.2, 0.25) is 0 Å². The highest BCUT2D eigenvalue weighted by Gasteiger charge is 2.15. The molecule has 1 aliphatic heterocycles. The van der Waals surface area contributed by atoms with E-state index in [0.29, 0.717) is 0 Å². The molecule has 0 atom stereocenters. The fourth-order valence-corrected chi connectivity index (χ4v) is 2.34. The van der Waals surface area contributed by atoms with E-state index in [1.165, 1.54) is 10.8 Å². The van der Waals surface area contributed by atoms with Crippen molar-refractivity contribution < 1.29 is 4.74 Å². The van der Waals surface area contributed by atoms with Crippen LogP contribution >= 0.6 is 0 Å². The average molecular weight is 243 g/mol. The lowest BCUT2D eigenvalue weighted by Gasteiger charge is -2.28. The maximum absolute atomic E-state index is 5.40. The first-order chi connectivity index (χ1) is 8.88. The number of hydrogen-bond acceptors (Lipinski definition) is 4. The molecule has 4 heteroatoms. The van der Waals surface area contributed by atoms with Gasteiger partial charge in [0.1, 0.15) is 5.82 Å². The summed E-state index contributed by atoms with van der Waals surface area (Å²) in [7, 11) is 1.94. The summed E-state index contributed by atoms with van der Waals surface area (Å²) in [5.41, 5.74) is 1.12. The van der Waals surface area contributed by atoms with Gasteiger partial charge in [0, 0.05) is 37.4 Å². The minimum Gasteiger partial charge on any atom is -0.388 e. The molecule has 18 heavy (non-hydrogen) atoms. The van der Waals surface area contributed by atoms with Crippen molar-refractivity contribution in [3.8, 4) is 0 Å². The number of rotatable bonds is 2. The number of aromatic nitrogens is 1. The first-order valence-corrected chi connectivity index (χ1v) is 6.28. The van der Waals surface area contributed by atoms with Crippen molar-refractivity contribution in [1.29, 1.82) is 0 Å². The van der Waals surface area contributed by atoms with Crippen molar-refractivity contribution in [2.24, 2.45) is 0 Å². The standard InChI is InChI=1S/C14H17N3O/c1-15-12-3-2-11-4-5-16-14(13(11)10-12)17-6-8-18-9-7-17/h2-5,10,15H,6-9H2,1H3. The van der Waals surface area contributed by atoms with Gasteiger partial charge in [0.25, 0.3) is 0 Å². The molecule has 0 bridgehead atoms. The van der Waals surface area contributed by atoms with E-state index in [4.69, 9.17) is 4.74 Å². The van der Waals surface area contributed by atoms with Gasteiger partial charge in [-0.2, -0.15) is 0 Å². The van der Waals surface area contributed by atoms with E-state index in [1.807, 2.05) is 13.2 Å². The second-order valence-electron chi connectivity index (χ2n) is 4.42. The van der Waals surface area contributed by atoms with Crippen LogP contribution in [0.15, 0.2) is 30.5 Å². The van der Waals surface area contributed by atoms with Crippen LogP contribution in [-0.2, 0) is 4.74 Å². The molecule has 1 saturated heterocycles. The number of ether oxygens (including phenoxy) is 1. The number of benzene rings is 1. The number of fused-ring (bicyclic) bond motifs is 1. The zero-order valence-electron chi connectivity index (χ0n) is 10.5. The topological polar surface area (TPSA) is 37.4 Å². The quantitative estimate of drug-likeness (QED) is 0.876. The molecule has 94 valence electrons. The van der Waals surface area contributed by atoms with E-state index >= 15 is 0 Å². The van der Waals surface area contributed by atoms with Gasteiger partial charge < -0.3 is 15.0 Å². The molecule has 1 aliphatic rings. The first kappa shape index (κ1) is 11.3. The second kappa shape index (κ2) is 4.82. The third kappa shape index (κ3) is 1.99. The van der Waals surface area contributed by atoms with Crippen molar-refractivity contribution in [1.82, 2.24) is 4.98 Å². The van der Waals surface area contributed by atoms with Crippen molar-refractivity contribution >= 4 is 22.3 Å². The van der Waals surface area contributed by atoms with Crippen molar-refractivity contribution in [3.63, 3.8) is 0 Å². The summed E-state index contributed by atoms with van der Waals surface area (Å²) in [4.78, 5) is 6.85.